The van der Waals surface area contributed by atoms with E-state index in [1.165, 1.54) is 0 Å². The fourth-order valence-electron chi connectivity index (χ4n) is 3.93. The number of alkyl halides is 3. The number of nitrogens with zero attached hydrogens (tertiary/aromatic N) is 3. The van der Waals surface area contributed by atoms with Crippen LogP contribution in [0.5, 0.6) is 0 Å². The number of carbonyl (C=O) groups excluding carboxylic acids is 1. The summed E-state index contributed by atoms with van der Waals surface area (Å²) in [6.45, 7) is 9.91. The molecule has 12 heteroatoms. The highest BCUT2D eigenvalue weighted by atomic mass is 35.6. The molecule has 0 aliphatic carbocycles. The average Bonchev–Trinajstić information content (AvgIpc) is 3.27. The molecule has 2 rings (SSSR count). The third-order valence-electron chi connectivity index (χ3n) is 6.19. The van der Waals surface area contributed by atoms with Crippen molar-refractivity contribution in [2.75, 3.05) is 19.8 Å². The zero-order chi connectivity index (χ0) is 27.5. The summed E-state index contributed by atoms with van der Waals surface area (Å²) in [5.41, 5.74) is 0.620. The van der Waals surface area contributed by atoms with Gasteiger partial charge in [0.25, 0.3) is 0 Å². The van der Waals surface area contributed by atoms with Crippen molar-refractivity contribution in [3.8, 4) is 0 Å². The van der Waals surface area contributed by atoms with Crippen molar-refractivity contribution in [1.82, 2.24) is 15.1 Å². The first-order chi connectivity index (χ1) is 17.4. The van der Waals surface area contributed by atoms with Crippen molar-refractivity contribution >= 4 is 58.1 Å². The number of hydrogen-bond donors (Lipinski definition) is 2. The van der Waals surface area contributed by atoms with Gasteiger partial charge in [-0.3, -0.25) is 10.00 Å². The maximum absolute atomic E-state index is 12.4. The Hall–Kier alpha value is -1.39. The van der Waals surface area contributed by atoms with Crippen LogP contribution in [-0.2, 0) is 20.8 Å². The molecule has 0 spiro atoms. The van der Waals surface area contributed by atoms with Crippen LogP contribution in [0.2, 0.25) is 0 Å². The Kier molecular flexibility index (Phi) is 13.1. The van der Waals surface area contributed by atoms with Crippen molar-refractivity contribution in [3.05, 3.63) is 12.4 Å². The van der Waals surface area contributed by atoms with Crippen molar-refractivity contribution in [2.24, 2.45) is 16.3 Å². The van der Waals surface area contributed by atoms with Gasteiger partial charge in [-0.15, -0.1) is 0 Å². The van der Waals surface area contributed by atoms with Gasteiger partial charge in [0.2, 0.25) is 3.79 Å². The molecule has 0 aromatic carbocycles. The Morgan fingerprint density at radius 2 is 2.14 bits per heavy atom. The lowest BCUT2D eigenvalue weighted by Crippen LogP contribution is -2.37. The number of hydrogen-bond acceptors (Lipinski definition) is 7. The van der Waals surface area contributed by atoms with E-state index in [0.717, 1.165) is 45.1 Å². The summed E-state index contributed by atoms with van der Waals surface area (Å²) < 4.78 is 16.4. The summed E-state index contributed by atoms with van der Waals surface area (Å²) in [7, 11) is 0. The monoisotopic (exact) mass is 579 g/mol. The molecule has 2 atom stereocenters. The minimum Gasteiger partial charge on any atom is -0.445 e. The number of carbonyl (C=O) groups is 1. The number of aromatic nitrogens is 2. The second kappa shape index (κ2) is 15.3. The minimum absolute atomic E-state index is 0.110. The molecule has 1 amide bonds. The molecule has 210 valence electrons. The van der Waals surface area contributed by atoms with Gasteiger partial charge in [0, 0.05) is 30.7 Å². The summed E-state index contributed by atoms with van der Waals surface area (Å²) >= 11 is 17.1. The molecule has 2 N–H and O–H groups in total. The minimum atomic E-state index is -1.73. The van der Waals surface area contributed by atoms with E-state index < -0.39 is 16.5 Å². The van der Waals surface area contributed by atoms with Crippen molar-refractivity contribution in [1.29, 1.82) is 5.41 Å². The third-order valence-corrected chi connectivity index (χ3v) is 6.51. The molecule has 1 fully saturated rings. The van der Waals surface area contributed by atoms with Crippen LogP contribution in [0.15, 0.2) is 17.4 Å². The first kappa shape index (κ1) is 31.8. The second-order valence-electron chi connectivity index (χ2n) is 10.1. The Morgan fingerprint density at radius 3 is 2.78 bits per heavy atom. The van der Waals surface area contributed by atoms with E-state index in [9.17, 15) is 4.79 Å². The highest BCUT2D eigenvalue weighted by Gasteiger charge is 2.28. The zero-order valence-electron chi connectivity index (χ0n) is 22.2. The van der Waals surface area contributed by atoms with Gasteiger partial charge in [-0.1, -0.05) is 68.9 Å². The number of nitrogens with one attached hydrogen (secondary N) is 2. The molecule has 1 saturated heterocycles. The van der Waals surface area contributed by atoms with E-state index >= 15 is 0 Å². The van der Waals surface area contributed by atoms with E-state index in [-0.39, 0.29) is 24.0 Å². The average molecular weight is 581 g/mol. The highest BCUT2D eigenvalue weighted by Crippen LogP contribution is 2.30. The number of amides is 1. The molecule has 37 heavy (non-hydrogen) atoms. The number of alkyl carbamates (subject to hydrolysis) is 1. The molecule has 1 aromatic rings. The van der Waals surface area contributed by atoms with Gasteiger partial charge < -0.3 is 19.6 Å². The molecule has 0 radical (unpaired) electrons. The summed E-state index contributed by atoms with van der Waals surface area (Å²) in [5, 5.41) is 15.7. The van der Waals surface area contributed by atoms with E-state index in [0.29, 0.717) is 30.5 Å². The fourth-order valence-corrected chi connectivity index (χ4v) is 4.09. The molecular formula is C25H40Cl3N5O4. The largest absolute Gasteiger partial charge is 0.445 e. The van der Waals surface area contributed by atoms with Gasteiger partial charge in [0.1, 0.15) is 18.1 Å². The summed E-state index contributed by atoms with van der Waals surface area (Å²) in [5.74, 6) is 0.721. The van der Waals surface area contributed by atoms with Crippen LogP contribution in [0.25, 0.3) is 0 Å². The molecule has 9 nitrogen and oxygen atoms in total. The Balaban J connectivity index is 2.02. The number of aliphatic imine (C=N–C) groups is 1. The van der Waals surface area contributed by atoms with Crippen LogP contribution in [0.3, 0.4) is 0 Å². The quantitative estimate of drug-likeness (QED) is 0.115. The number of amidine groups is 1. The van der Waals surface area contributed by atoms with E-state index in [4.69, 9.17) is 54.4 Å². The molecule has 1 aromatic heterocycles. The van der Waals surface area contributed by atoms with E-state index in [2.05, 4.69) is 29.3 Å². The smallest absolute Gasteiger partial charge is 0.412 e. The normalized spacial score (nSPS) is 17.9. The van der Waals surface area contributed by atoms with Crippen molar-refractivity contribution < 1.29 is 19.0 Å². The first-order valence-electron chi connectivity index (χ1n) is 12.8. The SMILES string of the molecule is CCC(C)CC(C)(C)C(=N)CC(=Nc1cnn(CCCOC2CCCCO2)c1)NC(=O)OCC(Cl)(Cl)Cl. The summed E-state index contributed by atoms with van der Waals surface area (Å²) in [4.78, 5) is 16.9. The Labute approximate surface area is 235 Å². The van der Waals surface area contributed by atoms with Crippen LogP contribution in [-0.4, -0.2) is 57.3 Å². The summed E-state index contributed by atoms with van der Waals surface area (Å²) in [6, 6.07) is 0. The number of ether oxygens (including phenoxy) is 3. The number of halogens is 3. The molecule has 0 saturated carbocycles. The third kappa shape index (κ3) is 12.8. The fraction of sp³-hybridized carbons (Fsp3) is 0.760. The topological polar surface area (TPSA) is 111 Å². The highest BCUT2D eigenvalue weighted by molar-refractivity contribution is 6.67. The van der Waals surface area contributed by atoms with Gasteiger partial charge >= 0.3 is 6.09 Å². The lowest BCUT2D eigenvalue weighted by Gasteiger charge is -2.29. The van der Waals surface area contributed by atoms with Crippen LogP contribution < -0.4 is 5.32 Å². The predicted molar refractivity (Wildman–Crippen MR) is 148 cm³/mol. The summed E-state index contributed by atoms with van der Waals surface area (Å²) in [6.07, 6.45) is 8.39. The zero-order valence-corrected chi connectivity index (χ0v) is 24.5. The van der Waals surface area contributed by atoms with Crippen LogP contribution in [0.1, 0.15) is 72.6 Å². The van der Waals surface area contributed by atoms with Gasteiger partial charge in [0.05, 0.1) is 19.0 Å². The maximum Gasteiger partial charge on any atom is 0.412 e. The lowest BCUT2D eigenvalue weighted by atomic mass is 9.77. The van der Waals surface area contributed by atoms with E-state index in [1.807, 2.05) is 13.8 Å². The van der Waals surface area contributed by atoms with Crippen LogP contribution in [0, 0.1) is 16.7 Å². The molecule has 2 unspecified atom stereocenters. The van der Waals surface area contributed by atoms with Crippen LogP contribution in [0.4, 0.5) is 10.5 Å². The van der Waals surface area contributed by atoms with Crippen molar-refractivity contribution in [3.63, 3.8) is 0 Å². The van der Waals surface area contributed by atoms with Gasteiger partial charge in [0.15, 0.2) is 6.29 Å². The standard InChI is InChI=1S/C25H40Cl3N5O4/c1-5-18(2)14-24(3,4)20(29)13-21(32-23(34)37-17-25(26,27)28)31-19-15-30-33(16-19)10-8-12-36-22-9-6-7-11-35-22/h15-16,18,22,29H,5-14,17H2,1-4H3,(H,31,32,34). The van der Waals surface area contributed by atoms with Gasteiger partial charge in [-0.2, -0.15) is 5.10 Å². The maximum atomic E-state index is 12.4. The number of rotatable bonds is 13. The lowest BCUT2D eigenvalue weighted by molar-refractivity contribution is -0.163. The second-order valence-corrected chi connectivity index (χ2v) is 12.6. The molecule has 1 aliphatic rings. The predicted octanol–water partition coefficient (Wildman–Crippen LogP) is 6.82. The molecule has 1 aliphatic heterocycles. The Bertz CT molecular complexity index is 895. The van der Waals surface area contributed by atoms with E-state index in [1.54, 1.807) is 17.1 Å². The first-order valence-corrected chi connectivity index (χ1v) is 13.9. The van der Waals surface area contributed by atoms with Gasteiger partial charge in [-0.25, -0.2) is 9.79 Å². The molecular weight excluding hydrogens is 541 g/mol. The Morgan fingerprint density at radius 1 is 1.38 bits per heavy atom. The molecule has 0 bridgehead atoms. The number of aryl methyl sites for hydroxylation is 1. The molecule has 2 heterocycles. The van der Waals surface area contributed by atoms with Gasteiger partial charge in [-0.05, 0) is 38.0 Å². The van der Waals surface area contributed by atoms with Crippen LogP contribution >= 0.6 is 34.8 Å². The van der Waals surface area contributed by atoms with Crippen molar-refractivity contribution in [2.45, 2.75) is 89.3 Å².